The van der Waals surface area contributed by atoms with Crippen LogP contribution in [0.2, 0.25) is 0 Å². The quantitative estimate of drug-likeness (QED) is 0.581. The van der Waals surface area contributed by atoms with E-state index >= 15 is 0 Å². The largest absolute Gasteiger partial charge is 0.373 e. The van der Waals surface area contributed by atoms with Gasteiger partial charge in [-0.05, 0) is 6.92 Å². The monoisotopic (exact) mass is 138 g/mol. The number of hydrogen-bond acceptors (Lipinski definition) is 2. The molecule has 0 saturated carbocycles. The van der Waals surface area contributed by atoms with Gasteiger partial charge in [-0.15, -0.1) is 0 Å². The Labute approximate surface area is 59.4 Å². The number of aromatic nitrogens is 2. The molecule has 1 aromatic rings. The SMILES string of the molecule is CC1OCCc2n[nH]cc21. The fourth-order valence-corrected chi connectivity index (χ4v) is 1.30. The van der Waals surface area contributed by atoms with Crippen molar-refractivity contribution in [3.8, 4) is 0 Å². The van der Waals surface area contributed by atoms with Crippen LogP contribution in [0.15, 0.2) is 6.20 Å². The average Bonchev–Trinajstić information content (AvgIpc) is 2.36. The Morgan fingerprint density at radius 3 is 3.50 bits per heavy atom. The van der Waals surface area contributed by atoms with Gasteiger partial charge in [-0.2, -0.15) is 5.10 Å². The molecule has 10 heavy (non-hydrogen) atoms. The summed E-state index contributed by atoms with van der Waals surface area (Å²) in [5.41, 5.74) is 2.38. The van der Waals surface area contributed by atoms with Crippen LogP contribution in [0, 0.1) is 0 Å². The molecule has 0 radical (unpaired) electrons. The number of ether oxygens (including phenoxy) is 1. The minimum atomic E-state index is 0.225. The molecule has 0 bridgehead atoms. The Bertz CT molecular complexity index is 231. The Morgan fingerprint density at radius 2 is 2.70 bits per heavy atom. The highest BCUT2D eigenvalue weighted by atomic mass is 16.5. The van der Waals surface area contributed by atoms with Crippen molar-refractivity contribution in [2.45, 2.75) is 19.4 Å². The number of hydrogen-bond donors (Lipinski definition) is 1. The average molecular weight is 138 g/mol. The van der Waals surface area contributed by atoms with Gasteiger partial charge in [0, 0.05) is 18.2 Å². The second kappa shape index (κ2) is 2.09. The van der Waals surface area contributed by atoms with E-state index in [1.54, 1.807) is 0 Å². The topological polar surface area (TPSA) is 37.9 Å². The van der Waals surface area contributed by atoms with Gasteiger partial charge in [-0.3, -0.25) is 5.10 Å². The molecule has 0 fully saturated rings. The molecule has 2 rings (SSSR count). The predicted octanol–water partition coefficient (Wildman–Crippen LogP) is 1.04. The summed E-state index contributed by atoms with van der Waals surface area (Å²) in [4.78, 5) is 0. The molecule has 0 aliphatic carbocycles. The Balaban J connectivity index is 2.41. The van der Waals surface area contributed by atoms with Gasteiger partial charge in [0.25, 0.3) is 0 Å². The maximum Gasteiger partial charge on any atom is 0.0830 e. The second-order valence-electron chi connectivity index (χ2n) is 2.55. The Kier molecular flexibility index (Phi) is 1.24. The van der Waals surface area contributed by atoms with Crippen molar-refractivity contribution in [2.24, 2.45) is 0 Å². The molecule has 0 saturated heterocycles. The first kappa shape index (κ1) is 5.92. The van der Waals surface area contributed by atoms with E-state index in [9.17, 15) is 0 Å². The summed E-state index contributed by atoms with van der Waals surface area (Å²) >= 11 is 0. The first-order valence-corrected chi connectivity index (χ1v) is 3.52. The lowest BCUT2D eigenvalue weighted by Gasteiger charge is -2.17. The maximum atomic E-state index is 5.40. The molecule has 1 aliphatic rings. The fourth-order valence-electron chi connectivity index (χ4n) is 1.30. The Morgan fingerprint density at radius 1 is 1.80 bits per heavy atom. The molecule has 1 unspecified atom stereocenters. The summed E-state index contributed by atoms with van der Waals surface area (Å²) in [7, 11) is 0. The van der Waals surface area contributed by atoms with Crippen LogP contribution in [-0.4, -0.2) is 16.8 Å². The van der Waals surface area contributed by atoms with E-state index in [-0.39, 0.29) is 6.10 Å². The third kappa shape index (κ3) is 0.743. The second-order valence-corrected chi connectivity index (χ2v) is 2.55. The third-order valence-electron chi connectivity index (χ3n) is 1.90. The zero-order chi connectivity index (χ0) is 6.97. The summed E-state index contributed by atoms with van der Waals surface area (Å²) in [6, 6.07) is 0. The van der Waals surface area contributed by atoms with E-state index < -0.39 is 0 Å². The van der Waals surface area contributed by atoms with Crippen LogP contribution in [0.1, 0.15) is 24.3 Å². The summed E-state index contributed by atoms with van der Waals surface area (Å²) < 4.78 is 5.40. The van der Waals surface area contributed by atoms with E-state index in [1.807, 2.05) is 13.1 Å². The van der Waals surface area contributed by atoms with Crippen molar-refractivity contribution in [1.82, 2.24) is 10.2 Å². The van der Waals surface area contributed by atoms with Gasteiger partial charge >= 0.3 is 0 Å². The Hall–Kier alpha value is -0.830. The zero-order valence-corrected chi connectivity index (χ0v) is 5.92. The molecule has 1 aromatic heterocycles. The molecule has 3 heteroatoms. The summed E-state index contributed by atoms with van der Waals surface area (Å²) in [5.74, 6) is 0. The van der Waals surface area contributed by atoms with Crippen molar-refractivity contribution >= 4 is 0 Å². The minimum absolute atomic E-state index is 0.225. The maximum absolute atomic E-state index is 5.40. The molecular formula is C7H10N2O. The van der Waals surface area contributed by atoms with Crippen LogP contribution in [0.5, 0.6) is 0 Å². The standard InChI is InChI=1S/C7H10N2O/c1-5-6-4-8-9-7(6)2-3-10-5/h4-5H,2-3H2,1H3,(H,8,9). The zero-order valence-electron chi connectivity index (χ0n) is 5.92. The molecule has 0 amide bonds. The number of nitrogens with one attached hydrogen (secondary N) is 1. The highest BCUT2D eigenvalue weighted by molar-refractivity contribution is 5.20. The predicted molar refractivity (Wildman–Crippen MR) is 36.7 cm³/mol. The van der Waals surface area contributed by atoms with Crippen LogP contribution in [-0.2, 0) is 11.2 Å². The first-order valence-electron chi connectivity index (χ1n) is 3.52. The van der Waals surface area contributed by atoms with Crippen molar-refractivity contribution in [3.05, 3.63) is 17.5 Å². The van der Waals surface area contributed by atoms with E-state index in [4.69, 9.17) is 4.74 Å². The fraction of sp³-hybridized carbons (Fsp3) is 0.571. The summed E-state index contributed by atoms with van der Waals surface area (Å²) in [6.45, 7) is 2.85. The molecule has 0 aromatic carbocycles. The van der Waals surface area contributed by atoms with Crippen LogP contribution < -0.4 is 0 Å². The van der Waals surface area contributed by atoms with Crippen LogP contribution in [0.3, 0.4) is 0 Å². The van der Waals surface area contributed by atoms with Gasteiger partial charge in [0.1, 0.15) is 0 Å². The van der Waals surface area contributed by atoms with Crippen molar-refractivity contribution < 1.29 is 4.74 Å². The smallest absolute Gasteiger partial charge is 0.0830 e. The number of aromatic amines is 1. The molecule has 0 spiro atoms. The van der Waals surface area contributed by atoms with Crippen molar-refractivity contribution in [2.75, 3.05) is 6.61 Å². The molecular weight excluding hydrogens is 128 g/mol. The van der Waals surface area contributed by atoms with Gasteiger partial charge in [0.2, 0.25) is 0 Å². The highest BCUT2D eigenvalue weighted by Crippen LogP contribution is 2.23. The van der Waals surface area contributed by atoms with Crippen molar-refractivity contribution in [1.29, 1.82) is 0 Å². The highest BCUT2D eigenvalue weighted by Gasteiger charge is 2.17. The first-order chi connectivity index (χ1) is 4.88. The van der Waals surface area contributed by atoms with Crippen LogP contribution >= 0.6 is 0 Å². The molecule has 1 N–H and O–H groups in total. The lowest BCUT2D eigenvalue weighted by molar-refractivity contribution is 0.0551. The van der Waals surface area contributed by atoms with Crippen molar-refractivity contribution in [3.63, 3.8) is 0 Å². The van der Waals surface area contributed by atoms with E-state index in [0.29, 0.717) is 0 Å². The number of fused-ring (bicyclic) bond motifs is 1. The van der Waals surface area contributed by atoms with Crippen LogP contribution in [0.4, 0.5) is 0 Å². The summed E-state index contributed by atoms with van der Waals surface area (Å²) in [6.07, 6.45) is 3.09. The molecule has 3 nitrogen and oxygen atoms in total. The van der Waals surface area contributed by atoms with Gasteiger partial charge in [-0.1, -0.05) is 0 Å². The number of rotatable bonds is 0. The summed E-state index contributed by atoms with van der Waals surface area (Å²) in [5, 5.41) is 6.94. The molecule has 54 valence electrons. The molecule has 1 atom stereocenters. The third-order valence-corrected chi connectivity index (χ3v) is 1.90. The van der Waals surface area contributed by atoms with E-state index in [0.717, 1.165) is 13.0 Å². The number of nitrogens with zero attached hydrogens (tertiary/aromatic N) is 1. The molecule has 2 heterocycles. The normalized spacial score (nSPS) is 24.3. The van der Waals surface area contributed by atoms with E-state index in [2.05, 4.69) is 10.2 Å². The lowest BCUT2D eigenvalue weighted by Crippen LogP contribution is -2.12. The van der Waals surface area contributed by atoms with Gasteiger partial charge in [-0.25, -0.2) is 0 Å². The van der Waals surface area contributed by atoms with Crippen LogP contribution in [0.25, 0.3) is 0 Å². The minimum Gasteiger partial charge on any atom is -0.373 e. The van der Waals surface area contributed by atoms with Gasteiger partial charge < -0.3 is 4.74 Å². The molecule has 1 aliphatic heterocycles. The van der Waals surface area contributed by atoms with Gasteiger partial charge in [0.05, 0.1) is 18.4 Å². The van der Waals surface area contributed by atoms with E-state index in [1.165, 1.54) is 11.3 Å². The van der Waals surface area contributed by atoms with Gasteiger partial charge in [0.15, 0.2) is 0 Å². The number of H-pyrrole nitrogens is 1. The lowest BCUT2D eigenvalue weighted by atomic mass is 10.1.